The number of nitrogen functional groups attached to an aromatic ring is 1. The van der Waals surface area contributed by atoms with Crippen molar-refractivity contribution in [2.24, 2.45) is 0 Å². The Labute approximate surface area is 196 Å². The van der Waals surface area contributed by atoms with E-state index in [0.717, 1.165) is 18.5 Å². The van der Waals surface area contributed by atoms with Gasteiger partial charge >= 0.3 is 6.18 Å². The Morgan fingerprint density at radius 3 is 2.40 bits per heavy atom. The minimum atomic E-state index is -4.54. The Kier molecular flexibility index (Phi) is 6.29. The van der Waals surface area contributed by atoms with Gasteiger partial charge in [-0.2, -0.15) is 13.2 Å². The fraction of sp³-hybridized carbons (Fsp3) is 0.217. The van der Waals surface area contributed by atoms with Crippen LogP contribution in [0.5, 0.6) is 0 Å². The lowest BCUT2D eigenvalue weighted by molar-refractivity contribution is -0.137. The number of pyridine rings is 3. The Morgan fingerprint density at radius 2 is 1.77 bits per heavy atom. The Bertz CT molecular complexity index is 1380. The average molecular weight is 485 g/mol. The van der Waals surface area contributed by atoms with E-state index >= 15 is 0 Å². The molecular formula is C23H19F4N7O. The van der Waals surface area contributed by atoms with Gasteiger partial charge in [0.2, 0.25) is 0 Å². The average Bonchev–Trinajstić information content (AvgIpc) is 2.82. The third kappa shape index (κ3) is 5.15. The number of aryl methyl sites for hydroxylation is 1. The maximum Gasteiger partial charge on any atom is 0.417 e. The van der Waals surface area contributed by atoms with Crippen LogP contribution in [0.2, 0.25) is 0 Å². The van der Waals surface area contributed by atoms with Gasteiger partial charge in [-0.3, -0.25) is 9.78 Å². The van der Waals surface area contributed by atoms with Gasteiger partial charge in [0.25, 0.3) is 5.91 Å². The normalized spacial score (nSPS) is 12.5. The summed E-state index contributed by atoms with van der Waals surface area (Å²) in [7, 11) is 0. The first-order valence-corrected chi connectivity index (χ1v) is 10.4. The van der Waals surface area contributed by atoms with Crippen molar-refractivity contribution in [3.63, 3.8) is 0 Å². The molecule has 0 unspecified atom stereocenters. The van der Waals surface area contributed by atoms with Gasteiger partial charge in [0.05, 0.1) is 41.8 Å². The number of hydrogen-bond donors (Lipinski definition) is 1. The van der Waals surface area contributed by atoms with E-state index in [1.807, 2.05) is 0 Å². The molecule has 0 saturated carbocycles. The highest BCUT2D eigenvalue weighted by Gasteiger charge is 2.31. The first kappa shape index (κ1) is 23.9. The molecule has 8 nitrogen and oxygen atoms in total. The summed E-state index contributed by atoms with van der Waals surface area (Å²) in [6.07, 6.45) is -0.573. The van der Waals surface area contributed by atoms with Gasteiger partial charge in [0.1, 0.15) is 5.82 Å². The zero-order valence-corrected chi connectivity index (χ0v) is 18.6. The highest BCUT2D eigenvalue weighted by atomic mass is 19.4. The molecule has 4 aromatic heterocycles. The number of fused-ring (bicyclic) bond motifs is 1. The van der Waals surface area contributed by atoms with Gasteiger partial charge in [-0.1, -0.05) is 0 Å². The van der Waals surface area contributed by atoms with Gasteiger partial charge in [-0.15, -0.1) is 0 Å². The minimum Gasteiger partial charge on any atom is -0.383 e. The van der Waals surface area contributed by atoms with E-state index in [4.69, 9.17) is 5.73 Å². The number of halogens is 4. The number of nitrogens with two attached hydrogens (primary N) is 1. The van der Waals surface area contributed by atoms with Crippen LogP contribution in [0.15, 0.2) is 49.1 Å². The molecule has 0 aliphatic rings. The molecule has 0 aliphatic carbocycles. The quantitative estimate of drug-likeness (QED) is 0.421. The molecule has 1 amide bonds. The fourth-order valence-corrected chi connectivity index (χ4v) is 3.39. The largest absolute Gasteiger partial charge is 0.417 e. The zero-order chi connectivity index (χ0) is 25.3. The third-order valence-corrected chi connectivity index (χ3v) is 5.37. The summed E-state index contributed by atoms with van der Waals surface area (Å²) in [5, 5.41) is 0.584. The minimum absolute atomic E-state index is 0.144. The van der Waals surface area contributed by atoms with Crippen molar-refractivity contribution < 1.29 is 22.4 Å². The summed E-state index contributed by atoms with van der Waals surface area (Å²) in [5.74, 6) is -0.688. The zero-order valence-electron chi connectivity index (χ0n) is 18.6. The van der Waals surface area contributed by atoms with Crippen LogP contribution in [0.1, 0.15) is 46.0 Å². The standard InChI is InChI=1S/C23H19F4N7O/c1-12-5-14-6-15(7-30-21(14)33-19(12)28)22(35)34(13(2)20-31-9-17(24)10-32-20)11-18-4-3-16(8-29-18)23(25,26)27/h3-10,13H,11H2,1-2H3,(H2,28,30,33)/t13-/m1/s1. The van der Waals surface area contributed by atoms with Crippen molar-refractivity contribution in [3.05, 3.63) is 83.1 Å². The van der Waals surface area contributed by atoms with Crippen LogP contribution in [0, 0.1) is 12.7 Å². The van der Waals surface area contributed by atoms with Crippen molar-refractivity contribution in [2.45, 2.75) is 32.6 Å². The molecule has 2 N–H and O–H groups in total. The molecule has 0 spiro atoms. The van der Waals surface area contributed by atoms with Gasteiger partial charge in [0, 0.05) is 17.8 Å². The van der Waals surface area contributed by atoms with E-state index < -0.39 is 29.5 Å². The molecular weight excluding hydrogens is 466 g/mol. The molecule has 35 heavy (non-hydrogen) atoms. The van der Waals surface area contributed by atoms with Crippen molar-refractivity contribution in [2.75, 3.05) is 5.73 Å². The van der Waals surface area contributed by atoms with E-state index in [1.165, 1.54) is 17.2 Å². The second kappa shape index (κ2) is 9.20. The van der Waals surface area contributed by atoms with Crippen LogP contribution in [0.4, 0.5) is 23.4 Å². The van der Waals surface area contributed by atoms with E-state index in [1.54, 1.807) is 26.0 Å². The molecule has 4 rings (SSSR count). The number of nitrogens with zero attached hydrogens (tertiary/aromatic N) is 6. The molecule has 4 aromatic rings. The predicted molar refractivity (Wildman–Crippen MR) is 118 cm³/mol. The number of hydrogen-bond acceptors (Lipinski definition) is 7. The van der Waals surface area contributed by atoms with Gasteiger partial charge in [0.15, 0.2) is 17.3 Å². The third-order valence-electron chi connectivity index (χ3n) is 5.37. The van der Waals surface area contributed by atoms with Gasteiger partial charge in [-0.25, -0.2) is 24.3 Å². The molecule has 1 atom stereocenters. The Morgan fingerprint density at radius 1 is 1.06 bits per heavy atom. The lowest BCUT2D eigenvalue weighted by Gasteiger charge is -2.28. The van der Waals surface area contributed by atoms with Crippen molar-refractivity contribution >= 4 is 22.8 Å². The first-order valence-electron chi connectivity index (χ1n) is 10.4. The SMILES string of the molecule is Cc1cc2cc(C(=O)N(Cc3ccc(C(F)(F)F)cn3)[C@H](C)c3ncc(F)cn3)cnc2nc1N. The maximum absolute atomic E-state index is 13.6. The number of amides is 1. The molecule has 12 heteroatoms. The van der Waals surface area contributed by atoms with Crippen molar-refractivity contribution in [3.8, 4) is 0 Å². The highest BCUT2D eigenvalue weighted by molar-refractivity contribution is 5.97. The van der Waals surface area contributed by atoms with Crippen LogP contribution in [-0.4, -0.2) is 35.7 Å². The number of aromatic nitrogens is 5. The molecule has 4 heterocycles. The molecule has 0 aliphatic heterocycles. The number of alkyl halides is 3. The van der Waals surface area contributed by atoms with Crippen LogP contribution in [-0.2, 0) is 12.7 Å². The Balaban J connectivity index is 1.71. The molecule has 0 aromatic carbocycles. The summed E-state index contributed by atoms with van der Waals surface area (Å²) in [6, 6.07) is 4.65. The van der Waals surface area contributed by atoms with Gasteiger partial charge in [-0.05, 0) is 43.7 Å². The summed E-state index contributed by atoms with van der Waals surface area (Å²) in [6.45, 7) is 3.23. The maximum atomic E-state index is 13.6. The monoisotopic (exact) mass is 485 g/mol. The second-order valence-corrected chi connectivity index (χ2v) is 7.87. The van der Waals surface area contributed by atoms with Crippen LogP contribution in [0.3, 0.4) is 0 Å². The number of anilines is 1. The topological polar surface area (TPSA) is 111 Å². The van der Waals surface area contributed by atoms with E-state index in [-0.39, 0.29) is 23.6 Å². The van der Waals surface area contributed by atoms with Crippen molar-refractivity contribution in [1.29, 1.82) is 0 Å². The highest BCUT2D eigenvalue weighted by Crippen LogP contribution is 2.29. The van der Waals surface area contributed by atoms with E-state index in [9.17, 15) is 22.4 Å². The molecule has 0 saturated heterocycles. The summed E-state index contributed by atoms with van der Waals surface area (Å²) >= 11 is 0. The fourth-order valence-electron chi connectivity index (χ4n) is 3.39. The first-order chi connectivity index (χ1) is 16.5. The number of rotatable bonds is 5. The van der Waals surface area contributed by atoms with Crippen LogP contribution >= 0.6 is 0 Å². The van der Waals surface area contributed by atoms with Crippen molar-refractivity contribution in [1.82, 2.24) is 29.8 Å². The second-order valence-electron chi connectivity index (χ2n) is 7.87. The number of carbonyl (C=O) groups excluding carboxylic acids is 1. The van der Waals surface area contributed by atoms with Gasteiger partial charge < -0.3 is 10.6 Å². The van der Waals surface area contributed by atoms with E-state index in [2.05, 4.69) is 24.9 Å². The molecule has 0 fully saturated rings. The molecule has 0 bridgehead atoms. The Hall–Kier alpha value is -4.22. The van der Waals surface area contributed by atoms with E-state index in [0.29, 0.717) is 28.6 Å². The lowest BCUT2D eigenvalue weighted by atomic mass is 10.1. The smallest absolute Gasteiger partial charge is 0.383 e. The van der Waals surface area contributed by atoms with Crippen LogP contribution in [0.25, 0.3) is 11.0 Å². The summed E-state index contributed by atoms with van der Waals surface area (Å²) < 4.78 is 52.1. The summed E-state index contributed by atoms with van der Waals surface area (Å²) in [4.78, 5) is 35.0. The summed E-state index contributed by atoms with van der Waals surface area (Å²) in [5.41, 5.74) is 6.39. The van der Waals surface area contributed by atoms with Crippen LogP contribution < -0.4 is 5.73 Å². The molecule has 180 valence electrons. The molecule has 0 radical (unpaired) electrons. The number of carbonyl (C=O) groups is 1. The lowest BCUT2D eigenvalue weighted by Crippen LogP contribution is -2.34. The predicted octanol–water partition coefficient (Wildman–Crippen LogP) is 4.27.